The summed E-state index contributed by atoms with van der Waals surface area (Å²) in [7, 11) is 0. The number of hydrogen-bond donors (Lipinski definition) is 1. The minimum atomic E-state index is -0.823. The standard InChI is InChI=1S/C16H27NO2/c1-12(2)9-7-5-6-8-10-17-13(3)11-15(14(17)4)16(18)19/h11-12H,5-10H2,1-4H3,(H,18,19). The molecule has 0 radical (unpaired) electrons. The molecule has 19 heavy (non-hydrogen) atoms. The lowest BCUT2D eigenvalue weighted by Gasteiger charge is -2.09. The molecule has 1 heterocycles. The zero-order chi connectivity index (χ0) is 14.4. The molecule has 0 spiro atoms. The molecule has 0 aliphatic carbocycles. The summed E-state index contributed by atoms with van der Waals surface area (Å²) in [6.45, 7) is 9.35. The monoisotopic (exact) mass is 265 g/mol. The van der Waals surface area contributed by atoms with Gasteiger partial charge < -0.3 is 9.67 Å². The number of carboxylic acids is 1. The number of nitrogens with zero attached hydrogens (tertiary/aromatic N) is 1. The molecule has 1 rings (SSSR count). The first-order chi connectivity index (χ1) is 8.93. The fourth-order valence-corrected chi connectivity index (χ4v) is 2.54. The normalized spacial score (nSPS) is 11.2. The Kier molecular flexibility index (Phi) is 6.13. The summed E-state index contributed by atoms with van der Waals surface area (Å²) in [6.07, 6.45) is 6.26. The van der Waals surface area contributed by atoms with Crippen molar-refractivity contribution in [2.24, 2.45) is 5.92 Å². The van der Waals surface area contributed by atoms with Gasteiger partial charge in [0.05, 0.1) is 5.56 Å². The van der Waals surface area contributed by atoms with Crippen LogP contribution in [0.1, 0.15) is 67.7 Å². The van der Waals surface area contributed by atoms with Crippen molar-refractivity contribution in [2.45, 2.75) is 66.3 Å². The molecule has 0 atom stereocenters. The molecule has 0 aromatic carbocycles. The van der Waals surface area contributed by atoms with Gasteiger partial charge in [0.2, 0.25) is 0 Å². The van der Waals surface area contributed by atoms with Gasteiger partial charge in [0.15, 0.2) is 0 Å². The third kappa shape index (κ3) is 4.73. The maximum atomic E-state index is 11.1. The SMILES string of the molecule is Cc1cc(C(=O)O)c(C)n1CCCCCCC(C)C. The maximum absolute atomic E-state index is 11.1. The van der Waals surface area contributed by atoms with Crippen LogP contribution in [0.3, 0.4) is 0 Å². The Morgan fingerprint density at radius 2 is 1.84 bits per heavy atom. The fourth-order valence-electron chi connectivity index (χ4n) is 2.54. The maximum Gasteiger partial charge on any atom is 0.337 e. The van der Waals surface area contributed by atoms with Crippen LogP contribution < -0.4 is 0 Å². The van der Waals surface area contributed by atoms with Crippen molar-refractivity contribution in [2.75, 3.05) is 0 Å². The Labute approximate surface area is 116 Å². The lowest BCUT2D eigenvalue weighted by Crippen LogP contribution is -2.05. The van der Waals surface area contributed by atoms with Gasteiger partial charge in [-0.15, -0.1) is 0 Å². The van der Waals surface area contributed by atoms with Crippen molar-refractivity contribution < 1.29 is 9.90 Å². The summed E-state index contributed by atoms with van der Waals surface area (Å²) in [5, 5.41) is 9.08. The first kappa shape index (κ1) is 15.8. The third-order valence-electron chi connectivity index (χ3n) is 3.72. The lowest BCUT2D eigenvalue weighted by molar-refractivity contribution is 0.0696. The second-order valence-corrected chi connectivity index (χ2v) is 5.84. The van der Waals surface area contributed by atoms with E-state index in [1.54, 1.807) is 6.07 Å². The van der Waals surface area contributed by atoms with E-state index in [2.05, 4.69) is 18.4 Å². The number of unbranched alkanes of at least 4 members (excludes halogenated alkanes) is 3. The molecule has 0 saturated carbocycles. The highest BCUT2D eigenvalue weighted by Gasteiger charge is 2.13. The highest BCUT2D eigenvalue weighted by atomic mass is 16.4. The predicted molar refractivity (Wildman–Crippen MR) is 78.8 cm³/mol. The summed E-state index contributed by atoms with van der Waals surface area (Å²) >= 11 is 0. The molecular weight excluding hydrogens is 238 g/mol. The summed E-state index contributed by atoms with van der Waals surface area (Å²) in [5.74, 6) is -0.0247. The number of carboxylic acid groups (broad SMARTS) is 1. The minimum absolute atomic E-state index is 0.442. The largest absolute Gasteiger partial charge is 0.478 e. The van der Waals surface area contributed by atoms with Crippen LogP contribution in [0.5, 0.6) is 0 Å². The van der Waals surface area contributed by atoms with Gasteiger partial charge in [0, 0.05) is 17.9 Å². The van der Waals surface area contributed by atoms with Gasteiger partial charge in [-0.1, -0.05) is 39.5 Å². The van der Waals surface area contributed by atoms with E-state index in [-0.39, 0.29) is 0 Å². The molecule has 0 bridgehead atoms. The Hall–Kier alpha value is -1.25. The molecular formula is C16H27NO2. The van der Waals surface area contributed by atoms with E-state index >= 15 is 0 Å². The van der Waals surface area contributed by atoms with E-state index in [0.717, 1.165) is 30.3 Å². The van der Waals surface area contributed by atoms with Gasteiger partial charge in [-0.3, -0.25) is 0 Å². The molecule has 1 aromatic heterocycles. The summed E-state index contributed by atoms with van der Waals surface area (Å²) < 4.78 is 2.13. The summed E-state index contributed by atoms with van der Waals surface area (Å²) in [6, 6.07) is 1.77. The summed E-state index contributed by atoms with van der Waals surface area (Å²) in [5.41, 5.74) is 2.38. The van der Waals surface area contributed by atoms with Gasteiger partial charge in [-0.2, -0.15) is 0 Å². The van der Waals surface area contributed by atoms with Gasteiger partial charge in [0.25, 0.3) is 0 Å². The van der Waals surface area contributed by atoms with Gasteiger partial charge in [0.1, 0.15) is 0 Å². The Morgan fingerprint density at radius 1 is 1.21 bits per heavy atom. The van der Waals surface area contributed by atoms with Crippen LogP contribution >= 0.6 is 0 Å². The van der Waals surface area contributed by atoms with Crippen molar-refractivity contribution in [3.63, 3.8) is 0 Å². The van der Waals surface area contributed by atoms with E-state index in [9.17, 15) is 4.79 Å². The Balaban J connectivity index is 2.39. The van der Waals surface area contributed by atoms with Crippen LogP contribution in [0, 0.1) is 19.8 Å². The molecule has 0 saturated heterocycles. The van der Waals surface area contributed by atoms with E-state index in [4.69, 9.17) is 5.11 Å². The van der Waals surface area contributed by atoms with E-state index in [0.29, 0.717) is 5.56 Å². The number of aryl methyl sites for hydroxylation is 1. The smallest absolute Gasteiger partial charge is 0.337 e. The zero-order valence-corrected chi connectivity index (χ0v) is 12.7. The molecule has 0 aliphatic heterocycles. The topological polar surface area (TPSA) is 42.2 Å². The van der Waals surface area contributed by atoms with Crippen LogP contribution in [0.15, 0.2) is 6.07 Å². The van der Waals surface area contributed by atoms with Crippen LogP contribution in [0.4, 0.5) is 0 Å². The van der Waals surface area contributed by atoms with Crippen LogP contribution in [0.2, 0.25) is 0 Å². The highest BCUT2D eigenvalue weighted by molar-refractivity contribution is 5.89. The van der Waals surface area contributed by atoms with Crippen molar-refractivity contribution in [1.82, 2.24) is 4.57 Å². The van der Waals surface area contributed by atoms with Crippen molar-refractivity contribution >= 4 is 5.97 Å². The highest BCUT2D eigenvalue weighted by Crippen LogP contribution is 2.17. The second-order valence-electron chi connectivity index (χ2n) is 5.84. The molecule has 1 N–H and O–H groups in total. The number of aromatic carboxylic acids is 1. The average Bonchev–Trinajstić information content (AvgIpc) is 2.60. The minimum Gasteiger partial charge on any atom is -0.478 e. The quantitative estimate of drug-likeness (QED) is 0.707. The Bertz CT molecular complexity index is 419. The second kappa shape index (κ2) is 7.37. The predicted octanol–water partition coefficient (Wildman–Crippen LogP) is 4.41. The molecule has 0 unspecified atom stereocenters. The Morgan fingerprint density at radius 3 is 2.37 bits per heavy atom. The third-order valence-corrected chi connectivity index (χ3v) is 3.72. The average molecular weight is 265 g/mol. The van der Waals surface area contributed by atoms with E-state index in [1.165, 1.54) is 25.7 Å². The van der Waals surface area contributed by atoms with Crippen LogP contribution in [0.25, 0.3) is 0 Å². The number of aromatic nitrogens is 1. The molecule has 0 aliphatic rings. The molecule has 0 amide bonds. The van der Waals surface area contributed by atoms with Crippen molar-refractivity contribution in [1.29, 1.82) is 0 Å². The first-order valence-corrected chi connectivity index (χ1v) is 7.33. The molecule has 1 aromatic rings. The molecule has 3 nitrogen and oxygen atoms in total. The first-order valence-electron chi connectivity index (χ1n) is 7.33. The van der Waals surface area contributed by atoms with Crippen LogP contribution in [-0.4, -0.2) is 15.6 Å². The van der Waals surface area contributed by atoms with Gasteiger partial charge in [-0.25, -0.2) is 4.79 Å². The number of hydrogen-bond acceptors (Lipinski definition) is 1. The lowest BCUT2D eigenvalue weighted by atomic mass is 10.0. The van der Waals surface area contributed by atoms with Gasteiger partial charge in [-0.05, 0) is 32.3 Å². The van der Waals surface area contributed by atoms with Crippen molar-refractivity contribution in [3.8, 4) is 0 Å². The number of carbonyl (C=O) groups is 1. The molecule has 0 fully saturated rings. The molecule has 3 heteroatoms. The van der Waals surface area contributed by atoms with Gasteiger partial charge >= 0.3 is 5.97 Å². The van der Waals surface area contributed by atoms with Crippen LogP contribution in [-0.2, 0) is 6.54 Å². The fraction of sp³-hybridized carbons (Fsp3) is 0.688. The molecule has 108 valence electrons. The zero-order valence-electron chi connectivity index (χ0n) is 12.7. The van der Waals surface area contributed by atoms with Crippen molar-refractivity contribution in [3.05, 3.63) is 23.0 Å². The van der Waals surface area contributed by atoms with E-state index in [1.807, 2.05) is 13.8 Å². The summed E-state index contributed by atoms with van der Waals surface area (Å²) in [4.78, 5) is 11.1. The van der Waals surface area contributed by atoms with E-state index < -0.39 is 5.97 Å². The number of rotatable bonds is 8.